The van der Waals surface area contributed by atoms with E-state index >= 15 is 0 Å². The second-order valence-corrected chi connectivity index (χ2v) is 8.40. The Bertz CT molecular complexity index is 958. The van der Waals surface area contributed by atoms with Gasteiger partial charge in [-0.3, -0.25) is 4.79 Å². The minimum atomic E-state index is -0.438. The molecule has 0 spiro atoms. The number of methoxy groups -OCH3 is 1. The SMILES string of the molecule is COC(=O)C1(Cc2cn(Cc3ccc(Cc4ccccc4)cc3)nn2)CCCCC1. The van der Waals surface area contributed by atoms with Crippen LogP contribution in [0.15, 0.2) is 60.8 Å². The quantitative estimate of drug-likeness (QED) is 0.542. The number of aromatic nitrogens is 3. The number of rotatable bonds is 7. The highest BCUT2D eigenvalue weighted by Gasteiger charge is 2.41. The number of ether oxygens (including phenoxy) is 1. The molecule has 5 heteroatoms. The van der Waals surface area contributed by atoms with E-state index in [2.05, 4.69) is 58.8 Å². The zero-order chi connectivity index (χ0) is 20.8. The normalized spacial score (nSPS) is 15.6. The molecule has 1 aliphatic rings. The Kier molecular flexibility index (Phi) is 6.26. The van der Waals surface area contributed by atoms with Crippen LogP contribution in [0, 0.1) is 5.41 Å². The lowest BCUT2D eigenvalue weighted by molar-refractivity contribution is -0.155. The molecule has 2 aromatic carbocycles. The molecule has 1 heterocycles. The van der Waals surface area contributed by atoms with Crippen LogP contribution in [0.3, 0.4) is 0 Å². The molecule has 0 bridgehead atoms. The smallest absolute Gasteiger partial charge is 0.312 e. The van der Waals surface area contributed by atoms with Crippen molar-refractivity contribution in [2.45, 2.75) is 51.5 Å². The van der Waals surface area contributed by atoms with Crippen molar-refractivity contribution in [1.82, 2.24) is 15.0 Å². The van der Waals surface area contributed by atoms with Gasteiger partial charge in [-0.25, -0.2) is 4.68 Å². The van der Waals surface area contributed by atoms with Crippen molar-refractivity contribution < 1.29 is 9.53 Å². The monoisotopic (exact) mass is 403 g/mol. The Morgan fingerprint density at radius 1 is 0.967 bits per heavy atom. The number of nitrogens with zero attached hydrogens (tertiary/aromatic N) is 3. The van der Waals surface area contributed by atoms with Gasteiger partial charge in [0.05, 0.1) is 24.8 Å². The van der Waals surface area contributed by atoms with E-state index in [0.717, 1.165) is 37.8 Å². The van der Waals surface area contributed by atoms with E-state index < -0.39 is 5.41 Å². The molecule has 0 amide bonds. The van der Waals surface area contributed by atoms with Crippen molar-refractivity contribution in [3.63, 3.8) is 0 Å². The van der Waals surface area contributed by atoms with Crippen LogP contribution in [0.4, 0.5) is 0 Å². The van der Waals surface area contributed by atoms with E-state index in [-0.39, 0.29) is 5.97 Å². The Labute approximate surface area is 178 Å². The molecular formula is C25H29N3O2. The van der Waals surface area contributed by atoms with E-state index in [1.165, 1.54) is 30.2 Å². The molecule has 0 unspecified atom stereocenters. The van der Waals surface area contributed by atoms with Gasteiger partial charge in [0.1, 0.15) is 0 Å². The molecule has 0 radical (unpaired) electrons. The minimum Gasteiger partial charge on any atom is -0.469 e. The maximum Gasteiger partial charge on any atom is 0.312 e. The van der Waals surface area contributed by atoms with Crippen LogP contribution in [0.5, 0.6) is 0 Å². The van der Waals surface area contributed by atoms with Crippen molar-refractivity contribution in [2.75, 3.05) is 7.11 Å². The fourth-order valence-electron chi connectivity index (χ4n) is 4.52. The van der Waals surface area contributed by atoms with Crippen molar-refractivity contribution in [2.24, 2.45) is 5.41 Å². The number of hydrogen-bond acceptors (Lipinski definition) is 4. The summed E-state index contributed by atoms with van der Waals surface area (Å²) in [6, 6.07) is 19.1. The number of benzene rings is 2. The lowest BCUT2D eigenvalue weighted by atomic mass is 9.71. The highest BCUT2D eigenvalue weighted by Crippen LogP contribution is 2.40. The largest absolute Gasteiger partial charge is 0.469 e. The lowest BCUT2D eigenvalue weighted by Crippen LogP contribution is -2.36. The molecule has 1 fully saturated rings. The third kappa shape index (κ3) is 4.78. The molecule has 0 atom stereocenters. The third-order valence-electron chi connectivity index (χ3n) is 6.15. The van der Waals surface area contributed by atoms with Crippen LogP contribution in [0.25, 0.3) is 0 Å². The van der Waals surface area contributed by atoms with Crippen LogP contribution in [0.2, 0.25) is 0 Å². The van der Waals surface area contributed by atoms with Gasteiger partial charge < -0.3 is 4.74 Å². The molecule has 0 saturated heterocycles. The van der Waals surface area contributed by atoms with Gasteiger partial charge in [0.25, 0.3) is 0 Å². The average Bonchev–Trinajstić information content (AvgIpc) is 3.22. The Balaban J connectivity index is 1.40. The van der Waals surface area contributed by atoms with Crippen molar-refractivity contribution in [1.29, 1.82) is 0 Å². The summed E-state index contributed by atoms with van der Waals surface area (Å²) in [6.45, 7) is 0.670. The zero-order valence-corrected chi connectivity index (χ0v) is 17.6. The summed E-state index contributed by atoms with van der Waals surface area (Å²) in [5, 5.41) is 8.64. The number of carbonyl (C=O) groups excluding carboxylic acids is 1. The van der Waals surface area contributed by atoms with Gasteiger partial charge in [0.2, 0.25) is 0 Å². The van der Waals surface area contributed by atoms with Gasteiger partial charge in [-0.2, -0.15) is 0 Å². The average molecular weight is 404 g/mol. The topological polar surface area (TPSA) is 57.0 Å². The summed E-state index contributed by atoms with van der Waals surface area (Å²) in [5.41, 5.74) is 4.22. The first-order valence-electron chi connectivity index (χ1n) is 10.8. The first-order chi connectivity index (χ1) is 14.7. The summed E-state index contributed by atoms with van der Waals surface area (Å²) < 4.78 is 6.98. The van der Waals surface area contributed by atoms with Gasteiger partial charge >= 0.3 is 5.97 Å². The van der Waals surface area contributed by atoms with Gasteiger partial charge in [0.15, 0.2) is 0 Å². The summed E-state index contributed by atoms with van der Waals surface area (Å²) >= 11 is 0. The van der Waals surface area contributed by atoms with Crippen LogP contribution in [0.1, 0.15) is 54.5 Å². The Hall–Kier alpha value is -2.95. The highest BCUT2D eigenvalue weighted by atomic mass is 16.5. The summed E-state index contributed by atoms with van der Waals surface area (Å²) in [7, 11) is 1.48. The summed E-state index contributed by atoms with van der Waals surface area (Å²) in [5.74, 6) is -0.106. The molecule has 1 saturated carbocycles. The first kappa shape index (κ1) is 20.3. The number of esters is 1. The van der Waals surface area contributed by atoms with Crippen molar-refractivity contribution >= 4 is 5.97 Å². The predicted octanol–water partition coefficient (Wildman–Crippen LogP) is 4.58. The van der Waals surface area contributed by atoms with Gasteiger partial charge in [-0.1, -0.05) is 79.1 Å². The molecule has 3 aromatic rings. The van der Waals surface area contributed by atoms with Crippen LogP contribution in [-0.4, -0.2) is 28.1 Å². The number of carbonyl (C=O) groups is 1. The van der Waals surface area contributed by atoms with Crippen molar-refractivity contribution in [3.8, 4) is 0 Å². The molecule has 4 rings (SSSR count). The fourth-order valence-corrected chi connectivity index (χ4v) is 4.52. The Morgan fingerprint density at radius 2 is 1.63 bits per heavy atom. The van der Waals surface area contributed by atoms with E-state index in [1.807, 2.05) is 16.9 Å². The predicted molar refractivity (Wildman–Crippen MR) is 116 cm³/mol. The molecule has 156 valence electrons. The lowest BCUT2D eigenvalue weighted by Gasteiger charge is -2.33. The molecular weight excluding hydrogens is 374 g/mol. The van der Waals surface area contributed by atoms with Crippen molar-refractivity contribution in [3.05, 3.63) is 83.2 Å². The third-order valence-corrected chi connectivity index (χ3v) is 6.15. The maximum absolute atomic E-state index is 12.5. The first-order valence-corrected chi connectivity index (χ1v) is 10.8. The summed E-state index contributed by atoms with van der Waals surface area (Å²) in [4.78, 5) is 12.5. The molecule has 1 aromatic heterocycles. The molecule has 0 aliphatic heterocycles. The van der Waals surface area contributed by atoms with Crippen LogP contribution in [-0.2, 0) is 28.9 Å². The highest BCUT2D eigenvalue weighted by molar-refractivity contribution is 5.77. The number of hydrogen-bond donors (Lipinski definition) is 0. The van der Waals surface area contributed by atoms with Gasteiger partial charge in [0, 0.05) is 12.6 Å². The standard InChI is InChI=1S/C25H29N3O2/c1-30-24(29)25(14-6-3-7-15-25)17-23-19-28(27-26-23)18-22-12-10-21(11-13-22)16-20-8-4-2-5-9-20/h2,4-5,8-13,19H,3,6-7,14-18H2,1H3. The van der Waals surface area contributed by atoms with E-state index in [1.54, 1.807) is 0 Å². The van der Waals surface area contributed by atoms with E-state index in [9.17, 15) is 4.79 Å². The molecule has 1 aliphatic carbocycles. The van der Waals surface area contributed by atoms with E-state index in [0.29, 0.717) is 13.0 Å². The van der Waals surface area contributed by atoms with Gasteiger partial charge in [-0.15, -0.1) is 5.10 Å². The Morgan fingerprint density at radius 3 is 2.33 bits per heavy atom. The zero-order valence-electron chi connectivity index (χ0n) is 17.6. The summed E-state index contributed by atoms with van der Waals surface area (Å²) in [6.07, 6.45) is 8.57. The molecule has 0 N–H and O–H groups in total. The fraction of sp³-hybridized carbons (Fsp3) is 0.400. The minimum absolute atomic E-state index is 0.106. The van der Waals surface area contributed by atoms with Crippen LogP contribution >= 0.6 is 0 Å². The van der Waals surface area contributed by atoms with Crippen LogP contribution < -0.4 is 0 Å². The second kappa shape index (κ2) is 9.24. The maximum atomic E-state index is 12.5. The molecule has 5 nitrogen and oxygen atoms in total. The second-order valence-electron chi connectivity index (χ2n) is 8.40. The molecule has 30 heavy (non-hydrogen) atoms. The van der Waals surface area contributed by atoms with E-state index in [4.69, 9.17) is 4.74 Å². The van der Waals surface area contributed by atoms with Gasteiger partial charge in [-0.05, 0) is 36.0 Å².